The normalized spacial score (nSPS) is 14.9. The van der Waals surface area contributed by atoms with Crippen molar-refractivity contribution in [3.8, 4) is 0 Å². The predicted molar refractivity (Wildman–Crippen MR) is 133 cm³/mol. The first-order chi connectivity index (χ1) is 16.4. The van der Waals surface area contributed by atoms with Crippen molar-refractivity contribution >= 4 is 34.6 Å². The number of aliphatic carboxylic acids is 1. The van der Waals surface area contributed by atoms with Crippen molar-refractivity contribution in [1.29, 1.82) is 0 Å². The van der Waals surface area contributed by atoms with Crippen LogP contribution in [0.1, 0.15) is 46.6 Å². The second-order valence-electron chi connectivity index (χ2n) is 9.65. The molecule has 3 amide bonds. The number of para-hydroxylation sites is 1. The lowest BCUT2D eigenvalue weighted by Crippen LogP contribution is -2.57. The molecule has 2 aromatic rings. The van der Waals surface area contributed by atoms with Crippen LogP contribution in [-0.4, -0.2) is 57.9 Å². The largest absolute Gasteiger partial charge is 0.480 e. The van der Waals surface area contributed by atoms with Crippen molar-refractivity contribution < 1.29 is 24.3 Å². The number of fused-ring (bicyclic) bond motifs is 1. The number of carboxylic acid groups (broad SMARTS) is 1. The maximum atomic E-state index is 13.2. The van der Waals surface area contributed by atoms with E-state index in [0.29, 0.717) is 0 Å². The Balaban J connectivity index is 2.18. The van der Waals surface area contributed by atoms with Crippen molar-refractivity contribution in [3.63, 3.8) is 0 Å². The van der Waals surface area contributed by atoms with Crippen LogP contribution >= 0.6 is 0 Å². The molecule has 35 heavy (non-hydrogen) atoms. The number of hydrogen-bond acceptors (Lipinski definition) is 5. The Morgan fingerprint density at radius 3 is 2.14 bits per heavy atom. The van der Waals surface area contributed by atoms with Gasteiger partial charge in [0.1, 0.15) is 18.1 Å². The van der Waals surface area contributed by atoms with E-state index in [4.69, 9.17) is 5.73 Å². The van der Waals surface area contributed by atoms with Gasteiger partial charge < -0.3 is 31.8 Å². The lowest BCUT2D eigenvalue weighted by Gasteiger charge is -2.24. The van der Waals surface area contributed by atoms with E-state index in [1.807, 2.05) is 38.1 Å². The third-order valence-electron chi connectivity index (χ3n) is 5.83. The van der Waals surface area contributed by atoms with Gasteiger partial charge in [-0.05, 0) is 36.8 Å². The highest BCUT2D eigenvalue weighted by atomic mass is 16.4. The summed E-state index contributed by atoms with van der Waals surface area (Å²) in [5, 5.41) is 18.1. The van der Waals surface area contributed by atoms with Crippen LogP contribution in [-0.2, 0) is 25.6 Å². The third-order valence-corrected chi connectivity index (χ3v) is 5.83. The highest BCUT2D eigenvalue weighted by Gasteiger charge is 2.29. The van der Waals surface area contributed by atoms with E-state index in [1.165, 1.54) is 6.92 Å². The zero-order valence-electron chi connectivity index (χ0n) is 20.9. The van der Waals surface area contributed by atoms with Gasteiger partial charge in [0, 0.05) is 23.5 Å². The summed E-state index contributed by atoms with van der Waals surface area (Å²) in [4.78, 5) is 53.1. The topological polar surface area (TPSA) is 166 Å². The zero-order chi connectivity index (χ0) is 26.3. The molecule has 0 aliphatic heterocycles. The molecule has 0 saturated carbocycles. The van der Waals surface area contributed by atoms with Crippen molar-refractivity contribution in [2.24, 2.45) is 17.6 Å². The molecule has 0 fully saturated rings. The van der Waals surface area contributed by atoms with Crippen LogP contribution in [0.3, 0.4) is 0 Å². The Hall–Kier alpha value is -3.40. The lowest BCUT2D eigenvalue weighted by atomic mass is 10.0. The Labute approximate surface area is 205 Å². The van der Waals surface area contributed by atoms with E-state index in [-0.39, 0.29) is 24.7 Å². The average Bonchev–Trinajstić information content (AvgIpc) is 3.19. The van der Waals surface area contributed by atoms with E-state index >= 15 is 0 Å². The molecule has 0 aliphatic rings. The molecule has 10 heteroatoms. The summed E-state index contributed by atoms with van der Waals surface area (Å²) < 4.78 is 0. The summed E-state index contributed by atoms with van der Waals surface area (Å²) in [7, 11) is 0. The molecule has 0 saturated heterocycles. The molecule has 1 aromatic carbocycles. The number of rotatable bonds is 12. The van der Waals surface area contributed by atoms with Crippen molar-refractivity contribution in [3.05, 3.63) is 36.0 Å². The summed E-state index contributed by atoms with van der Waals surface area (Å²) in [5.74, 6) is -2.88. The molecule has 192 valence electrons. The number of carboxylic acids is 1. The van der Waals surface area contributed by atoms with Gasteiger partial charge in [-0.25, -0.2) is 4.79 Å². The standard InChI is InChI=1S/C25H37N5O5/c1-13(2)10-20(25(34)35)30-22(31)15(5)28-23(32)19(29-24(33)21(26)14(3)4)11-16-12-27-18-9-7-6-8-17(16)18/h6-9,12-15,19-21,27H,10-11,26H2,1-5H3,(H,28,32)(H,29,33)(H,30,31)(H,34,35). The number of aromatic nitrogens is 1. The number of carbonyl (C=O) groups excluding carboxylic acids is 3. The molecule has 4 unspecified atom stereocenters. The maximum absolute atomic E-state index is 13.2. The number of nitrogens with two attached hydrogens (primary N) is 1. The minimum atomic E-state index is -1.14. The molecule has 0 spiro atoms. The summed E-state index contributed by atoms with van der Waals surface area (Å²) in [6, 6.07) is 3.71. The van der Waals surface area contributed by atoms with E-state index in [2.05, 4.69) is 20.9 Å². The number of aromatic amines is 1. The van der Waals surface area contributed by atoms with Crippen LogP contribution in [0.2, 0.25) is 0 Å². The van der Waals surface area contributed by atoms with Crippen LogP contribution in [0.4, 0.5) is 0 Å². The minimum absolute atomic E-state index is 0.0576. The quantitative estimate of drug-likeness (QED) is 0.264. The predicted octanol–water partition coefficient (Wildman–Crippen LogP) is 1.30. The first-order valence-electron chi connectivity index (χ1n) is 11.8. The summed E-state index contributed by atoms with van der Waals surface area (Å²) in [5.41, 5.74) is 7.69. The first-order valence-corrected chi connectivity index (χ1v) is 11.8. The molecule has 4 atom stereocenters. The molecular formula is C25H37N5O5. The summed E-state index contributed by atoms with van der Waals surface area (Å²) >= 11 is 0. The molecule has 2 rings (SSSR count). The summed E-state index contributed by atoms with van der Waals surface area (Å²) in [6.45, 7) is 8.79. The SMILES string of the molecule is CC(C)CC(NC(=O)C(C)NC(=O)C(Cc1c[nH]c2ccccc12)NC(=O)C(N)C(C)C)C(=O)O. The fourth-order valence-electron chi connectivity index (χ4n) is 3.67. The number of nitrogens with one attached hydrogen (secondary N) is 4. The van der Waals surface area contributed by atoms with Crippen LogP contribution in [0.25, 0.3) is 10.9 Å². The van der Waals surface area contributed by atoms with Gasteiger partial charge in [-0.15, -0.1) is 0 Å². The third kappa shape index (κ3) is 7.81. The molecule has 10 nitrogen and oxygen atoms in total. The van der Waals surface area contributed by atoms with Gasteiger partial charge in [0.25, 0.3) is 0 Å². The molecule has 0 bridgehead atoms. The first kappa shape index (κ1) is 27.8. The van der Waals surface area contributed by atoms with Crippen molar-refractivity contribution in [2.75, 3.05) is 0 Å². The Kier molecular flexibility index (Phi) is 9.82. The van der Waals surface area contributed by atoms with Gasteiger partial charge in [-0.1, -0.05) is 45.9 Å². The number of benzene rings is 1. The Morgan fingerprint density at radius 2 is 1.54 bits per heavy atom. The van der Waals surface area contributed by atoms with Crippen LogP contribution in [0, 0.1) is 11.8 Å². The number of carbonyl (C=O) groups is 4. The molecule has 1 aromatic heterocycles. The Bertz CT molecular complexity index is 1050. The Morgan fingerprint density at radius 1 is 0.914 bits per heavy atom. The zero-order valence-corrected chi connectivity index (χ0v) is 20.9. The number of hydrogen-bond donors (Lipinski definition) is 6. The van der Waals surface area contributed by atoms with E-state index in [1.54, 1.807) is 20.0 Å². The average molecular weight is 488 g/mol. The highest BCUT2D eigenvalue weighted by molar-refractivity contribution is 5.94. The van der Waals surface area contributed by atoms with E-state index in [0.717, 1.165) is 16.5 Å². The molecule has 7 N–H and O–H groups in total. The number of amides is 3. The second-order valence-corrected chi connectivity index (χ2v) is 9.65. The van der Waals surface area contributed by atoms with Gasteiger partial charge in [-0.2, -0.15) is 0 Å². The van der Waals surface area contributed by atoms with Crippen molar-refractivity contribution in [2.45, 2.75) is 71.6 Å². The van der Waals surface area contributed by atoms with E-state index in [9.17, 15) is 24.3 Å². The van der Waals surface area contributed by atoms with Crippen LogP contribution in [0.15, 0.2) is 30.5 Å². The molecular weight excluding hydrogens is 450 g/mol. The van der Waals surface area contributed by atoms with Gasteiger partial charge in [0.2, 0.25) is 17.7 Å². The van der Waals surface area contributed by atoms with Gasteiger partial charge >= 0.3 is 5.97 Å². The smallest absolute Gasteiger partial charge is 0.326 e. The fourth-order valence-corrected chi connectivity index (χ4v) is 3.67. The molecule has 0 aliphatic carbocycles. The monoisotopic (exact) mass is 487 g/mol. The lowest BCUT2D eigenvalue weighted by molar-refractivity contribution is -0.142. The fraction of sp³-hybridized carbons (Fsp3) is 0.520. The van der Waals surface area contributed by atoms with Crippen LogP contribution in [0.5, 0.6) is 0 Å². The highest BCUT2D eigenvalue weighted by Crippen LogP contribution is 2.19. The van der Waals surface area contributed by atoms with Crippen LogP contribution < -0.4 is 21.7 Å². The minimum Gasteiger partial charge on any atom is -0.480 e. The van der Waals surface area contributed by atoms with Gasteiger partial charge in [0.15, 0.2) is 0 Å². The van der Waals surface area contributed by atoms with Gasteiger partial charge in [-0.3, -0.25) is 14.4 Å². The second kappa shape index (κ2) is 12.3. The molecule has 1 heterocycles. The van der Waals surface area contributed by atoms with Crippen molar-refractivity contribution in [1.82, 2.24) is 20.9 Å². The molecule has 0 radical (unpaired) electrons. The maximum Gasteiger partial charge on any atom is 0.326 e. The summed E-state index contributed by atoms with van der Waals surface area (Å²) in [6.07, 6.45) is 2.21. The van der Waals surface area contributed by atoms with Gasteiger partial charge in [0.05, 0.1) is 6.04 Å². The van der Waals surface area contributed by atoms with E-state index < -0.39 is 47.9 Å². The number of H-pyrrole nitrogens is 1.